The largest absolute Gasteiger partial charge is 0.310 e. The van der Waals surface area contributed by atoms with E-state index in [0.29, 0.717) is 0 Å². The lowest BCUT2D eigenvalue weighted by Gasteiger charge is -2.29. The van der Waals surface area contributed by atoms with E-state index in [2.05, 4.69) is 229 Å². The van der Waals surface area contributed by atoms with Crippen molar-refractivity contribution in [2.24, 2.45) is 0 Å². The molecule has 0 aliphatic heterocycles. The first kappa shape index (κ1) is 35.4. The van der Waals surface area contributed by atoms with Gasteiger partial charge in [0.25, 0.3) is 0 Å². The SMILES string of the molecule is CC1(C)c2cc(N(c3ccccc3)c3ccc(-c4csc5ccccc45)cc3)ccc2-c2ccc(N(c3ccccc3)c3ccc(-c4csc5ccccc45)cc3)cc21. The lowest BCUT2D eigenvalue weighted by Crippen LogP contribution is -2.17. The second-order valence-electron chi connectivity index (χ2n) is 15.8. The highest BCUT2D eigenvalue weighted by Gasteiger charge is 2.37. The molecule has 0 saturated heterocycles. The van der Waals surface area contributed by atoms with Gasteiger partial charge in [0.05, 0.1) is 0 Å². The maximum Gasteiger partial charge on any atom is 0.0465 e. The van der Waals surface area contributed by atoms with Gasteiger partial charge in [-0.1, -0.05) is 123 Å². The van der Waals surface area contributed by atoms with Crippen LogP contribution in [0.2, 0.25) is 0 Å². The summed E-state index contributed by atoms with van der Waals surface area (Å²) in [6, 6.07) is 71.1. The molecule has 59 heavy (non-hydrogen) atoms. The van der Waals surface area contributed by atoms with Crippen LogP contribution in [0.1, 0.15) is 25.0 Å². The van der Waals surface area contributed by atoms with Crippen LogP contribution < -0.4 is 9.80 Å². The average molecular weight is 793 g/mol. The number of para-hydroxylation sites is 2. The molecule has 0 radical (unpaired) electrons. The Bertz CT molecular complexity index is 2910. The molecule has 282 valence electrons. The van der Waals surface area contributed by atoms with Gasteiger partial charge in [-0.15, -0.1) is 22.7 Å². The average Bonchev–Trinajstić information content (AvgIpc) is 3.98. The highest BCUT2D eigenvalue weighted by atomic mass is 32.1. The summed E-state index contributed by atoms with van der Waals surface area (Å²) in [5.74, 6) is 0. The van der Waals surface area contributed by atoms with Crippen LogP contribution in [0.25, 0.3) is 53.6 Å². The fourth-order valence-corrected chi connectivity index (χ4v) is 11.0. The maximum absolute atomic E-state index is 2.42. The number of thiophene rings is 2. The minimum Gasteiger partial charge on any atom is -0.310 e. The van der Waals surface area contributed by atoms with Gasteiger partial charge >= 0.3 is 0 Å². The molecule has 0 unspecified atom stereocenters. The summed E-state index contributed by atoms with van der Waals surface area (Å²) in [5, 5.41) is 7.17. The Balaban J connectivity index is 0.959. The van der Waals surface area contributed by atoms with Gasteiger partial charge in [0.1, 0.15) is 0 Å². The van der Waals surface area contributed by atoms with Gasteiger partial charge < -0.3 is 9.80 Å². The summed E-state index contributed by atoms with van der Waals surface area (Å²) in [6.07, 6.45) is 0. The number of anilines is 6. The second-order valence-corrected chi connectivity index (χ2v) is 17.6. The van der Waals surface area contributed by atoms with Gasteiger partial charge in [-0.05, 0) is 129 Å². The summed E-state index contributed by atoms with van der Waals surface area (Å²) in [7, 11) is 0. The first-order valence-corrected chi connectivity index (χ1v) is 21.9. The molecule has 1 aliphatic carbocycles. The summed E-state index contributed by atoms with van der Waals surface area (Å²) < 4.78 is 2.63. The first-order valence-electron chi connectivity index (χ1n) is 20.1. The Labute approximate surface area is 353 Å². The molecule has 0 fully saturated rings. The van der Waals surface area contributed by atoms with Gasteiger partial charge in [-0.25, -0.2) is 0 Å². The number of hydrogen-bond acceptors (Lipinski definition) is 4. The number of fused-ring (bicyclic) bond motifs is 5. The molecule has 1 aliphatic rings. The highest BCUT2D eigenvalue weighted by molar-refractivity contribution is 7.18. The lowest BCUT2D eigenvalue weighted by molar-refractivity contribution is 0.660. The molecule has 4 heteroatoms. The molecule has 0 amide bonds. The Kier molecular flexibility index (Phi) is 8.58. The van der Waals surface area contributed by atoms with Gasteiger partial charge in [-0.3, -0.25) is 0 Å². The zero-order valence-electron chi connectivity index (χ0n) is 32.8. The normalized spacial score (nSPS) is 12.7. The molecular weight excluding hydrogens is 753 g/mol. The number of hydrogen-bond donors (Lipinski definition) is 0. The zero-order chi connectivity index (χ0) is 39.5. The molecular formula is C55H40N2S2. The van der Waals surface area contributed by atoms with Crippen molar-refractivity contribution in [2.75, 3.05) is 9.80 Å². The van der Waals surface area contributed by atoms with E-state index in [1.54, 1.807) is 22.7 Å². The predicted molar refractivity (Wildman–Crippen MR) is 255 cm³/mol. The molecule has 0 bridgehead atoms. The van der Waals surface area contributed by atoms with Crippen molar-refractivity contribution in [3.8, 4) is 33.4 Å². The molecule has 0 N–H and O–H groups in total. The van der Waals surface area contributed by atoms with E-state index < -0.39 is 0 Å². The van der Waals surface area contributed by atoms with Crippen LogP contribution >= 0.6 is 22.7 Å². The van der Waals surface area contributed by atoms with Crippen molar-refractivity contribution in [3.63, 3.8) is 0 Å². The van der Waals surface area contributed by atoms with E-state index in [1.807, 2.05) is 0 Å². The van der Waals surface area contributed by atoms with E-state index in [1.165, 1.54) is 64.7 Å². The van der Waals surface area contributed by atoms with Crippen molar-refractivity contribution >= 4 is 77.0 Å². The Hall–Kier alpha value is -6.72. The van der Waals surface area contributed by atoms with Crippen LogP contribution in [0.4, 0.5) is 34.1 Å². The van der Waals surface area contributed by atoms with Crippen molar-refractivity contribution in [1.29, 1.82) is 0 Å². The van der Waals surface area contributed by atoms with Crippen molar-refractivity contribution < 1.29 is 0 Å². The third kappa shape index (κ3) is 6.07. The maximum atomic E-state index is 2.42. The van der Waals surface area contributed by atoms with Crippen LogP contribution in [0.3, 0.4) is 0 Å². The summed E-state index contributed by atoms with van der Waals surface area (Å²) in [6.45, 7) is 4.76. The summed E-state index contributed by atoms with van der Waals surface area (Å²) in [4.78, 5) is 4.78. The monoisotopic (exact) mass is 792 g/mol. The highest BCUT2D eigenvalue weighted by Crippen LogP contribution is 2.52. The fourth-order valence-electron chi connectivity index (χ4n) is 9.02. The summed E-state index contributed by atoms with van der Waals surface area (Å²) >= 11 is 3.61. The summed E-state index contributed by atoms with van der Waals surface area (Å²) in [5.41, 5.74) is 16.9. The van der Waals surface area contributed by atoms with Gasteiger partial charge in [-0.2, -0.15) is 0 Å². The van der Waals surface area contributed by atoms with Gasteiger partial charge in [0.2, 0.25) is 0 Å². The smallest absolute Gasteiger partial charge is 0.0465 e. The van der Waals surface area contributed by atoms with Crippen molar-refractivity contribution in [1.82, 2.24) is 0 Å². The minimum atomic E-state index is -0.227. The van der Waals surface area contributed by atoms with Crippen LogP contribution in [0.5, 0.6) is 0 Å². The molecule has 0 saturated carbocycles. The topological polar surface area (TPSA) is 6.48 Å². The van der Waals surface area contributed by atoms with Crippen molar-refractivity contribution in [3.05, 3.63) is 216 Å². The van der Waals surface area contributed by atoms with E-state index in [4.69, 9.17) is 0 Å². The third-order valence-corrected chi connectivity index (χ3v) is 14.0. The fraction of sp³-hybridized carbons (Fsp3) is 0.0545. The number of benzene rings is 8. The van der Waals surface area contributed by atoms with Crippen LogP contribution in [-0.4, -0.2) is 0 Å². The standard InChI is InChI=1S/C55H40N2S2/c1-55(2)51-33-43(56(39-13-5-3-6-14-39)41-25-21-37(22-26-41)49-35-58-53-19-11-9-17-47(49)53)29-31-45(51)46-32-30-44(34-52(46)55)57(40-15-7-4-8-16-40)42-27-23-38(24-28-42)50-36-59-54-20-12-10-18-48(50)54/h3-36H,1-2H3. The molecule has 11 rings (SSSR count). The molecule has 0 atom stereocenters. The molecule has 2 nitrogen and oxygen atoms in total. The lowest BCUT2D eigenvalue weighted by atomic mass is 9.82. The Morgan fingerprint density at radius 3 is 1.12 bits per heavy atom. The molecule has 10 aromatic rings. The number of rotatable bonds is 8. The van der Waals surface area contributed by atoms with E-state index in [-0.39, 0.29) is 5.41 Å². The molecule has 8 aromatic carbocycles. The first-order chi connectivity index (χ1) is 29.0. The predicted octanol–water partition coefficient (Wildman–Crippen LogP) is 16.7. The van der Waals surface area contributed by atoms with Crippen molar-refractivity contribution in [2.45, 2.75) is 19.3 Å². The van der Waals surface area contributed by atoms with E-state index in [9.17, 15) is 0 Å². The Morgan fingerprint density at radius 1 is 0.339 bits per heavy atom. The van der Waals surface area contributed by atoms with Gasteiger partial charge in [0, 0.05) is 70.8 Å². The second kappa shape index (κ2) is 14.3. The minimum absolute atomic E-state index is 0.227. The molecule has 2 heterocycles. The third-order valence-electron chi connectivity index (χ3n) is 12.0. The quantitative estimate of drug-likeness (QED) is 0.151. The van der Waals surface area contributed by atoms with Gasteiger partial charge in [0.15, 0.2) is 0 Å². The van der Waals surface area contributed by atoms with E-state index in [0.717, 1.165) is 34.1 Å². The van der Waals surface area contributed by atoms with Crippen LogP contribution in [-0.2, 0) is 5.41 Å². The van der Waals surface area contributed by atoms with Crippen LogP contribution in [0.15, 0.2) is 205 Å². The molecule has 0 spiro atoms. The van der Waals surface area contributed by atoms with Crippen LogP contribution in [0, 0.1) is 0 Å². The zero-order valence-corrected chi connectivity index (χ0v) is 34.5. The molecule has 2 aromatic heterocycles. The Morgan fingerprint density at radius 2 is 0.695 bits per heavy atom. The van der Waals surface area contributed by atoms with E-state index >= 15 is 0 Å². The number of nitrogens with zero attached hydrogens (tertiary/aromatic N) is 2.